The Kier molecular flexibility index (Phi) is 7.97. The van der Waals surface area contributed by atoms with Crippen molar-refractivity contribution in [3.63, 3.8) is 0 Å². The van der Waals surface area contributed by atoms with Crippen LogP contribution in [-0.2, 0) is 0 Å². The number of benzene rings is 8. The summed E-state index contributed by atoms with van der Waals surface area (Å²) in [6, 6.07) is 69.6. The number of anilines is 3. The summed E-state index contributed by atoms with van der Waals surface area (Å²) in [5, 5.41) is 3.14. The van der Waals surface area contributed by atoms with E-state index >= 15 is 0 Å². The minimum Gasteiger partial charge on any atom is -0.455 e. The molecule has 0 unspecified atom stereocenters. The van der Waals surface area contributed by atoms with Crippen molar-refractivity contribution < 1.29 is 13.9 Å². The highest BCUT2D eigenvalue weighted by atomic mass is 32.1. The molecule has 0 bridgehead atoms. The Bertz CT molecular complexity index is 3060. The summed E-state index contributed by atoms with van der Waals surface area (Å²) in [6.45, 7) is 0. The molecular formula is C52H33NO3S. The largest absolute Gasteiger partial charge is 0.455 e. The molecule has 0 spiro atoms. The average Bonchev–Trinajstić information content (AvgIpc) is 3.85. The Hall–Kier alpha value is -7.34. The van der Waals surface area contributed by atoms with Gasteiger partial charge in [-0.15, -0.1) is 11.3 Å². The van der Waals surface area contributed by atoms with Crippen LogP contribution in [0.4, 0.5) is 16.4 Å². The van der Waals surface area contributed by atoms with Crippen LogP contribution in [0.1, 0.15) is 0 Å². The van der Waals surface area contributed by atoms with Crippen LogP contribution >= 0.6 is 11.3 Å². The molecule has 0 N–H and O–H groups in total. The summed E-state index contributed by atoms with van der Waals surface area (Å²) in [5.41, 5.74) is 11.4. The van der Waals surface area contributed by atoms with Gasteiger partial charge in [-0.05, 0) is 70.3 Å². The number of rotatable bonds is 7. The third-order valence-electron chi connectivity index (χ3n) is 10.6. The molecule has 8 aromatic carbocycles. The zero-order valence-electron chi connectivity index (χ0n) is 30.6. The van der Waals surface area contributed by atoms with Gasteiger partial charge in [0.2, 0.25) is 5.75 Å². The molecular weight excluding hydrogens is 719 g/mol. The van der Waals surface area contributed by atoms with Crippen molar-refractivity contribution in [3.05, 3.63) is 200 Å². The molecule has 3 heterocycles. The zero-order valence-corrected chi connectivity index (χ0v) is 31.4. The lowest BCUT2D eigenvalue weighted by Gasteiger charge is -2.29. The highest BCUT2D eigenvalue weighted by Crippen LogP contribution is 2.62. The molecule has 4 nitrogen and oxygen atoms in total. The second-order valence-electron chi connectivity index (χ2n) is 14.0. The van der Waals surface area contributed by atoms with E-state index in [0.29, 0.717) is 23.0 Å². The predicted molar refractivity (Wildman–Crippen MR) is 235 cm³/mol. The smallest absolute Gasteiger partial charge is 0.205 e. The van der Waals surface area contributed by atoms with E-state index in [-0.39, 0.29) is 0 Å². The molecule has 0 fully saturated rings. The SMILES string of the molecule is c1ccc(-c2ccc(N(c3ccc(-c4cccc5c4oc4ccccc45)cc3)c3sc(-c4ccccc4)c4c3Oc3ccccc3O4)c(-c3ccccc3)c2)cc1. The molecule has 0 amide bonds. The van der Waals surface area contributed by atoms with Crippen molar-refractivity contribution in [2.75, 3.05) is 4.90 Å². The zero-order chi connectivity index (χ0) is 37.7. The van der Waals surface area contributed by atoms with Gasteiger partial charge in [-0.1, -0.05) is 158 Å². The Labute approximate surface area is 334 Å². The van der Waals surface area contributed by atoms with E-state index in [9.17, 15) is 0 Å². The van der Waals surface area contributed by atoms with E-state index in [4.69, 9.17) is 13.9 Å². The Morgan fingerprint density at radius 2 is 0.982 bits per heavy atom. The number of hydrogen-bond donors (Lipinski definition) is 0. The van der Waals surface area contributed by atoms with Crippen molar-refractivity contribution in [1.82, 2.24) is 0 Å². The highest BCUT2D eigenvalue weighted by Gasteiger charge is 2.33. The summed E-state index contributed by atoms with van der Waals surface area (Å²) in [6.07, 6.45) is 0. The van der Waals surface area contributed by atoms with Gasteiger partial charge in [-0.3, -0.25) is 4.90 Å². The summed E-state index contributed by atoms with van der Waals surface area (Å²) in [5.74, 6) is 2.76. The third kappa shape index (κ3) is 5.76. The van der Waals surface area contributed by atoms with Gasteiger partial charge in [0.25, 0.3) is 0 Å². The van der Waals surface area contributed by atoms with E-state index in [1.807, 2.05) is 42.5 Å². The predicted octanol–water partition coefficient (Wildman–Crippen LogP) is 15.7. The molecule has 10 aromatic rings. The number of furan rings is 1. The van der Waals surface area contributed by atoms with Crippen molar-refractivity contribution in [1.29, 1.82) is 0 Å². The molecule has 5 heteroatoms. The van der Waals surface area contributed by atoms with Crippen LogP contribution in [0, 0.1) is 0 Å². The van der Waals surface area contributed by atoms with Crippen LogP contribution in [0.2, 0.25) is 0 Å². The van der Waals surface area contributed by atoms with Crippen molar-refractivity contribution >= 4 is 49.7 Å². The van der Waals surface area contributed by atoms with Crippen molar-refractivity contribution in [2.24, 2.45) is 0 Å². The fraction of sp³-hybridized carbons (Fsp3) is 0. The Morgan fingerprint density at radius 3 is 1.72 bits per heavy atom. The monoisotopic (exact) mass is 751 g/mol. The molecule has 0 atom stereocenters. The van der Waals surface area contributed by atoms with Crippen LogP contribution in [0.5, 0.6) is 23.0 Å². The summed E-state index contributed by atoms with van der Waals surface area (Å²) in [4.78, 5) is 3.33. The second-order valence-corrected chi connectivity index (χ2v) is 15.0. The van der Waals surface area contributed by atoms with Crippen molar-refractivity contribution in [2.45, 2.75) is 0 Å². The standard InChI is InChI=1S/C52H33NO3S/c1-4-15-34(16-5-1)38-29-32-44(43(33-38)35-17-6-2-7-18-35)53(39-30-27-36(28-31-39)40-22-14-23-42-41-21-10-11-24-45(41)54-48(40)42)52-50-49(51(57-52)37-19-8-3-9-20-37)55-46-25-12-13-26-47(46)56-50/h1-33H. The molecule has 270 valence electrons. The van der Waals surface area contributed by atoms with Gasteiger partial charge in [-0.2, -0.15) is 0 Å². The van der Waals surface area contributed by atoms with Crippen LogP contribution in [-0.4, -0.2) is 0 Å². The van der Waals surface area contributed by atoms with Gasteiger partial charge in [0, 0.05) is 27.6 Å². The van der Waals surface area contributed by atoms with E-state index in [0.717, 1.165) is 82.1 Å². The van der Waals surface area contributed by atoms with Gasteiger partial charge in [0.15, 0.2) is 17.2 Å². The fourth-order valence-corrected chi connectivity index (χ4v) is 9.05. The van der Waals surface area contributed by atoms with E-state index in [1.54, 1.807) is 11.3 Å². The topological polar surface area (TPSA) is 34.8 Å². The molecule has 0 radical (unpaired) electrons. The first-order chi connectivity index (χ1) is 28.3. The number of ether oxygens (including phenoxy) is 2. The highest BCUT2D eigenvalue weighted by molar-refractivity contribution is 7.20. The second kappa shape index (κ2) is 13.7. The van der Waals surface area contributed by atoms with Crippen LogP contribution in [0.15, 0.2) is 205 Å². The number of thiophene rings is 1. The molecule has 0 saturated carbocycles. The maximum atomic E-state index is 6.87. The molecule has 1 aliphatic rings. The normalized spacial score (nSPS) is 11.8. The minimum absolute atomic E-state index is 0.680. The first kappa shape index (κ1) is 33.0. The lowest BCUT2D eigenvalue weighted by Crippen LogP contribution is -2.11. The lowest BCUT2D eigenvalue weighted by molar-refractivity contribution is 0.364. The quantitative estimate of drug-likeness (QED) is 0.162. The number of hydrogen-bond acceptors (Lipinski definition) is 5. The van der Waals surface area contributed by atoms with Crippen molar-refractivity contribution in [3.8, 4) is 66.8 Å². The van der Waals surface area contributed by atoms with E-state index in [1.165, 1.54) is 0 Å². The molecule has 57 heavy (non-hydrogen) atoms. The van der Waals surface area contributed by atoms with Gasteiger partial charge in [-0.25, -0.2) is 0 Å². The number of para-hydroxylation sites is 4. The van der Waals surface area contributed by atoms with Gasteiger partial charge in [0.1, 0.15) is 16.2 Å². The molecule has 0 saturated heterocycles. The van der Waals surface area contributed by atoms with Gasteiger partial charge < -0.3 is 13.9 Å². The summed E-state index contributed by atoms with van der Waals surface area (Å²) >= 11 is 1.67. The average molecular weight is 752 g/mol. The first-order valence-electron chi connectivity index (χ1n) is 19.0. The lowest BCUT2D eigenvalue weighted by atomic mass is 9.96. The maximum absolute atomic E-state index is 6.87. The number of fused-ring (bicyclic) bond motifs is 5. The molecule has 0 aliphatic carbocycles. The van der Waals surface area contributed by atoms with Gasteiger partial charge in [0.05, 0.1) is 10.6 Å². The van der Waals surface area contributed by atoms with E-state index in [2.05, 4.69) is 163 Å². The first-order valence-corrected chi connectivity index (χ1v) is 19.8. The number of nitrogens with zero attached hydrogens (tertiary/aromatic N) is 1. The van der Waals surface area contributed by atoms with Crippen LogP contribution < -0.4 is 14.4 Å². The minimum atomic E-state index is 0.680. The maximum Gasteiger partial charge on any atom is 0.205 e. The Morgan fingerprint density at radius 1 is 0.404 bits per heavy atom. The summed E-state index contributed by atoms with van der Waals surface area (Å²) < 4.78 is 20.1. The molecule has 11 rings (SSSR count). The van der Waals surface area contributed by atoms with Crippen LogP contribution in [0.3, 0.4) is 0 Å². The molecule has 2 aromatic heterocycles. The van der Waals surface area contributed by atoms with Gasteiger partial charge >= 0.3 is 0 Å². The summed E-state index contributed by atoms with van der Waals surface area (Å²) in [7, 11) is 0. The third-order valence-corrected chi connectivity index (χ3v) is 11.8. The molecule has 1 aliphatic heterocycles. The van der Waals surface area contributed by atoms with Crippen LogP contribution in [0.25, 0.3) is 65.8 Å². The fourth-order valence-electron chi connectivity index (χ4n) is 7.86. The van der Waals surface area contributed by atoms with E-state index < -0.39 is 0 Å². The Balaban J connectivity index is 1.14.